The van der Waals surface area contributed by atoms with Crippen LogP contribution in [0.2, 0.25) is 0 Å². The molecule has 0 radical (unpaired) electrons. The van der Waals surface area contributed by atoms with Gasteiger partial charge in [-0.1, -0.05) is 28.8 Å². The third kappa shape index (κ3) is 3.34. The molecule has 1 amide bonds. The SMILES string of the molecule is O=C(NC1CCCCC1CBr)c1c(F)cc(F)cc1F. The molecule has 1 aliphatic carbocycles. The van der Waals surface area contributed by atoms with Gasteiger partial charge >= 0.3 is 0 Å². The van der Waals surface area contributed by atoms with Crippen molar-refractivity contribution in [2.45, 2.75) is 31.7 Å². The van der Waals surface area contributed by atoms with Crippen molar-refractivity contribution in [3.63, 3.8) is 0 Å². The number of hydrogen-bond donors (Lipinski definition) is 1. The summed E-state index contributed by atoms with van der Waals surface area (Å²) in [6, 6.07) is 0.918. The van der Waals surface area contributed by atoms with Crippen molar-refractivity contribution in [1.82, 2.24) is 5.32 Å². The number of carbonyl (C=O) groups excluding carboxylic acids is 1. The molecule has 1 fully saturated rings. The Morgan fingerprint density at radius 2 is 1.80 bits per heavy atom. The summed E-state index contributed by atoms with van der Waals surface area (Å²) in [5.74, 6) is -3.96. The molecule has 2 unspecified atom stereocenters. The van der Waals surface area contributed by atoms with Gasteiger partial charge in [-0.3, -0.25) is 4.79 Å². The van der Waals surface area contributed by atoms with Crippen LogP contribution in [-0.2, 0) is 0 Å². The molecule has 0 aliphatic heterocycles. The van der Waals surface area contributed by atoms with Crippen molar-refractivity contribution in [2.24, 2.45) is 5.92 Å². The van der Waals surface area contributed by atoms with Gasteiger partial charge in [-0.15, -0.1) is 0 Å². The first-order valence-electron chi connectivity index (χ1n) is 6.54. The molecule has 0 saturated heterocycles. The summed E-state index contributed by atoms with van der Waals surface area (Å²) in [6.45, 7) is 0. The molecule has 1 aliphatic rings. The van der Waals surface area contributed by atoms with E-state index in [1.54, 1.807) is 0 Å². The first kappa shape index (κ1) is 15.4. The predicted octanol–water partition coefficient (Wildman–Crippen LogP) is 3.79. The fraction of sp³-hybridized carbons (Fsp3) is 0.500. The number of hydrogen-bond acceptors (Lipinski definition) is 1. The molecular weight excluding hydrogens is 335 g/mol. The second-order valence-electron chi connectivity index (χ2n) is 5.02. The van der Waals surface area contributed by atoms with Crippen LogP contribution in [0.3, 0.4) is 0 Å². The maximum atomic E-state index is 13.5. The van der Waals surface area contributed by atoms with Crippen molar-refractivity contribution in [2.75, 3.05) is 5.33 Å². The molecule has 110 valence electrons. The predicted molar refractivity (Wildman–Crippen MR) is 73.3 cm³/mol. The van der Waals surface area contributed by atoms with E-state index in [0.717, 1.165) is 31.0 Å². The van der Waals surface area contributed by atoms with E-state index >= 15 is 0 Å². The number of carbonyl (C=O) groups is 1. The lowest BCUT2D eigenvalue weighted by Gasteiger charge is -2.31. The van der Waals surface area contributed by atoms with Gasteiger partial charge in [0, 0.05) is 23.5 Å². The van der Waals surface area contributed by atoms with E-state index in [1.165, 1.54) is 0 Å². The van der Waals surface area contributed by atoms with Crippen LogP contribution >= 0.6 is 15.9 Å². The zero-order valence-electron chi connectivity index (χ0n) is 10.8. The largest absolute Gasteiger partial charge is 0.349 e. The summed E-state index contributed by atoms with van der Waals surface area (Å²) in [7, 11) is 0. The molecule has 2 nitrogen and oxygen atoms in total. The zero-order valence-corrected chi connectivity index (χ0v) is 12.4. The molecule has 1 N–H and O–H groups in total. The zero-order chi connectivity index (χ0) is 14.7. The van der Waals surface area contributed by atoms with Crippen LogP contribution < -0.4 is 5.32 Å². The molecule has 0 heterocycles. The summed E-state index contributed by atoms with van der Waals surface area (Å²) in [6.07, 6.45) is 3.81. The van der Waals surface area contributed by atoms with Crippen LogP contribution in [0.1, 0.15) is 36.0 Å². The van der Waals surface area contributed by atoms with E-state index in [0.29, 0.717) is 12.1 Å². The van der Waals surface area contributed by atoms with Crippen LogP contribution in [0.15, 0.2) is 12.1 Å². The molecular formula is C14H15BrF3NO. The molecule has 1 saturated carbocycles. The Labute approximate surface area is 123 Å². The fourth-order valence-corrected chi connectivity index (χ4v) is 3.36. The smallest absolute Gasteiger partial charge is 0.257 e. The minimum atomic E-state index is -1.17. The highest BCUT2D eigenvalue weighted by molar-refractivity contribution is 9.09. The summed E-state index contributed by atoms with van der Waals surface area (Å²) < 4.78 is 39.9. The number of alkyl halides is 1. The van der Waals surface area contributed by atoms with E-state index < -0.39 is 28.9 Å². The maximum Gasteiger partial charge on any atom is 0.257 e. The highest BCUT2D eigenvalue weighted by Crippen LogP contribution is 2.26. The van der Waals surface area contributed by atoms with Crippen LogP contribution in [-0.4, -0.2) is 17.3 Å². The molecule has 0 bridgehead atoms. The van der Waals surface area contributed by atoms with E-state index in [4.69, 9.17) is 0 Å². The first-order valence-corrected chi connectivity index (χ1v) is 7.66. The Hall–Kier alpha value is -1.04. The van der Waals surface area contributed by atoms with Crippen LogP contribution in [0.5, 0.6) is 0 Å². The van der Waals surface area contributed by atoms with Crippen LogP contribution in [0, 0.1) is 23.4 Å². The standard InChI is InChI=1S/C14H15BrF3NO/c15-7-8-3-1-2-4-12(8)19-14(20)13-10(17)5-9(16)6-11(13)18/h5-6,8,12H,1-4,7H2,(H,19,20). The van der Waals surface area contributed by atoms with Gasteiger partial charge in [0.1, 0.15) is 23.0 Å². The lowest BCUT2D eigenvalue weighted by Crippen LogP contribution is -2.43. The number of rotatable bonds is 3. The Morgan fingerprint density at radius 1 is 1.20 bits per heavy atom. The summed E-state index contributed by atoms with van der Waals surface area (Å²) >= 11 is 3.39. The van der Waals surface area contributed by atoms with Gasteiger partial charge in [0.25, 0.3) is 5.91 Å². The van der Waals surface area contributed by atoms with E-state index in [2.05, 4.69) is 21.2 Å². The monoisotopic (exact) mass is 349 g/mol. The van der Waals surface area contributed by atoms with Gasteiger partial charge in [0.05, 0.1) is 0 Å². The lowest BCUT2D eigenvalue weighted by atomic mass is 9.86. The minimum absolute atomic E-state index is 0.112. The third-order valence-electron chi connectivity index (χ3n) is 3.66. The number of halogens is 4. The normalized spacial score (nSPS) is 22.6. The molecule has 0 aromatic heterocycles. The van der Waals surface area contributed by atoms with Gasteiger partial charge < -0.3 is 5.32 Å². The molecule has 1 aromatic carbocycles. The van der Waals surface area contributed by atoms with E-state index in [9.17, 15) is 18.0 Å². The van der Waals surface area contributed by atoms with Crippen LogP contribution in [0.25, 0.3) is 0 Å². The summed E-state index contributed by atoms with van der Waals surface area (Å²) in [5, 5.41) is 3.39. The topological polar surface area (TPSA) is 29.1 Å². The minimum Gasteiger partial charge on any atom is -0.349 e. The third-order valence-corrected chi connectivity index (χ3v) is 4.49. The van der Waals surface area contributed by atoms with Gasteiger partial charge in [0.15, 0.2) is 0 Å². The van der Waals surface area contributed by atoms with Crippen molar-refractivity contribution in [1.29, 1.82) is 0 Å². The van der Waals surface area contributed by atoms with E-state index in [-0.39, 0.29) is 12.0 Å². The average molecular weight is 350 g/mol. The van der Waals surface area contributed by atoms with Crippen molar-refractivity contribution >= 4 is 21.8 Å². The van der Waals surface area contributed by atoms with Gasteiger partial charge in [-0.2, -0.15) is 0 Å². The van der Waals surface area contributed by atoms with Gasteiger partial charge in [-0.25, -0.2) is 13.2 Å². The first-order chi connectivity index (χ1) is 9.52. The quantitative estimate of drug-likeness (QED) is 0.826. The Bertz CT molecular complexity index is 486. The highest BCUT2D eigenvalue weighted by atomic mass is 79.9. The second kappa shape index (κ2) is 6.61. The Kier molecular flexibility index (Phi) is 5.07. The summed E-state index contributed by atoms with van der Waals surface area (Å²) in [5.41, 5.74) is -0.717. The number of amides is 1. The Morgan fingerprint density at radius 3 is 2.40 bits per heavy atom. The second-order valence-corrected chi connectivity index (χ2v) is 5.67. The maximum absolute atomic E-state index is 13.5. The fourth-order valence-electron chi connectivity index (χ4n) is 2.58. The molecule has 2 rings (SSSR count). The lowest BCUT2D eigenvalue weighted by molar-refractivity contribution is 0.0903. The molecule has 20 heavy (non-hydrogen) atoms. The Balaban J connectivity index is 2.16. The molecule has 1 aromatic rings. The highest BCUT2D eigenvalue weighted by Gasteiger charge is 2.28. The molecule has 2 atom stereocenters. The molecule has 0 spiro atoms. The van der Waals surface area contributed by atoms with Crippen LogP contribution in [0.4, 0.5) is 13.2 Å². The number of nitrogens with one attached hydrogen (secondary N) is 1. The summed E-state index contributed by atoms with van der Waals surface area (Å²) in [4.78, 5) is 12.0. The van der Waals surface area contributed by atoms with E-state index in [1.807, 2.05) is 0 Å². The van der Waals surface area contributed by atoms with Crippen molar-refractivity contribution in [3.05, 3.63) is 35.1 Å². The van der Waals surface area contributed by atoms with Gasteiger partial charge in [-0.05, 0) is 18.8 Å². The molecule has 6 heteroatoms. The van der Waals surface area contributed by atoms with Gasteiger partial charge in [0.2, 0.25) is 0 Å². The van der Waals surface area contributed by atoms with Crippen molar-refractivity contribution < 1.29 is 18.0 Å². The van der Waals surface area contributed by atoms with Crippen molar-refractivity contribution in [3.8, 4) is 0 Å². The number of benzene rings is 1. The average Bonchev–Trinajstić information content (AvgIpc) is 2.38.